The quantitative estimate of drug-likeness (QED) is 0.315. The molecule has 2 heterocycles. The molecule has 5 N–H and O–H groups in total. The maximum atomic E-state index is 12.3. The lowest BCUT2D eigenvalue weighted by molar-refractivity contribution is -0.113. The number of fused-ring (bicyclic) bond motifs is 1. The summed E-state index contributed by atoms with van der Waals surface area (Å²) in [6.07, 6.45) is 0. The van der Waals surface area contributed by atoms with Crippen LogP contribution in [0.4, 0.5) is 17.6 Å². The first-order valence-electron chi connectivity index (χ1n) is 9.42. The number of thioether (sulfide) groups is 1. The Hall–Kier alpha value is -2.97. The van der Waals surface area contributed by atoms with Gasteiger partial charge in [-0.3, -0.25) is 4.79 Å². The summed E-state index contributed by atoms with van der Waals surface area (Å²) in [5, 5.41) is 22.7. The Balaban J connectivity index is 1.67. The zero-order valence-electron chi connectivity index (χ0n) is 17.0. The molecule has 0 fully saturated rings. The van der Waals surface area contributed by atoms with E-state index < -0.39 is 10.0 Å². The second-order valence-electron chi connectivity index (χ2n) is 6.39. The van der Waals surface area contributed by atoms with Gasteiger partial charge in [0.05, 0.1) is 11.5 Å². The van der Waals surface area contributed by atoms with Crippen LogP contribution in [-0.2, 0) is 20.6 Å². The molecule has 0 bridgehead atoms. The van der Waals surface area contributed by atoms with E-state index in [2.05, 4.69) is 36.1 Å². The maximum Gasteiger partial charge on any atom is 0.261 e. The number of nitrogens with one attached hydrogen (secondary N) is 3. The largest absolute Gasteiger partial charge is 0.355 e. The van der Waals surface area contributed by atoms with E-state index >= 15 is 0 Å². The van der Waals surface area contributed by atoms with Gasteiger partial charge in [-0.1, -0.05) is 23.9 Å². The van der Waals surface area contributed by atoms with Gasteiger partial charge in [0.1, 0.15) is 0 Å². The highest BCUT2D eigenvalue weighted by Crippen LogP contribution is 2.21. The average Bonchev–Trinajstić information content (AvgIpc) is 3.10. The number of rotatable bonds is 10. The van der Waals surface area contributed by atoms with Crippen molar-refractivity contribution in [2.75, 3.05) is 34.8 Å². The monoisotopic (exact) mass is 465 g/mol. The number of primary sulfonamides is 1. The first-order chi connectivity index (χ1) is 14.8. The maximum absolute atomic E-state index is 12.3. The van der Waals surface area contributed by atoms with Crippen LogP contribution < -0.4 is 21.1 Å². The van der Waals surface area contributed by atoms with Gasteiger partial charge in [-0.05, 0) is 31.5 Å². The number of carbonyl (C=O) groups is 1. The smallest absolute Gasteiger partial charge is 0.261 e. The zero-order valence-corrected chi connectivity index (χ0v) is 18.6. The fraction of sp³-hybridized carbons (Fsp3) is 0.353. The van der Waals surface area contributed by atoms with Gasteiger partial charge in [-0.25, -0.2) is 18.0 Å². The molecule has 0 aliphatic rings. The molecule has 3 rings (SSSR count). The first-order valence-corrected chi connectivity index (χ1v) is 12.1. The normalized spacial score (nSPS) is 11.5. The molecule has 0 radical (unpaired) electrons. The van der Waals surface area contributed by atoms with Crippen molar-refractivity contribution in [3.8, 4) is 0 Å². The minimum atomic E-state index is -3.60. The summed E-state index contributed by atoms with van der Waals surface area (Å²) in [5.74, 6) is 0.912. The molecule has 0 aliphatic carbocycles. The summed E-state index contributed by atoms with van der Waals surface area (Å²) in [4.78, 5) is 21.1. The van der Waals surface area contributed by atoms with Crippen molar-refractivity contribution in [3.05, 3.63) is 29.8 Å². The van der Waals surface area contributed by atoms with Gasteiger partial charge < -0.3 is 16.0 Å². The summed E-state index contributed by atoms with van der Waals surface area (Å²) in [5.41, 5.74) is 1.08. The number of nitrogens with two attached hydrogens (primary N) is 1. The number of aromatic nitrogens is 5. The topological polar surface area (TPSA) is 169 Å². The van der Waals surface area contributed by atoms with Crippen molar-refractivity contribution in [3.63, 3.8) is 0 Å². The molecule has 0 aliphatic heterocycles. The van der Waals surface area contributed by atoms with E-state index in [1.807, 2.05) is 13.8 Å². The first kappa shape index (κ1) is 22.7. The van der Waals surface area contributed by atoms with Crippen molar-refractivity contribution in [2.45, 2.75) is 24.8 Å². The Morgan fingerprint density at radius 2 is 1.81 bits per heavy atom. The highest BCUT2D eigenvalue weighted by atomic mass is 32.2. The van der Waals surface area contributed by atoms with Crippen LogP contribution in [0.5, 0.6) is 0 Å². The third-order valence-corrected chi connectivity index (χ3v) is 5.52. The van der Waals surface area contributed by atoms with E-state index in [1.54, 1.807) is 28.7 Å². The van der Waals surface area contributed by atoms with Gasteiger partial charge in [0.15, 0.2) is 5.16 Å². The molecule has 0 saturated heterocycles. The molecule has 166 valence electrons. The Bertz CT molecular complexity index is 1160. The van der Waals surface area contributed by atoms with E-state index in [4.69, 9.17) is 5.14 Å². The van der Waals surface area contributed by atoms with Crippen LogP contribution in [0.3, 0.4) is 0 Å². The average molecular weight is 466 g/mol. The number of nitrogens with zero attached hydrogens (tertiary/aromatic N) is 5. The van der Waals surface area contributed by atoms with Gasteiger partial charge in [0.25, 0.3) is 5.78 Å². The lowest BCUT2D eigenvalue weighted by Crippen LogP contribution is -2.16. The molecule has 3 aromatic rings. The lowest BCUT2D eigenvalue weighted by Gasteiger charge is -2.09. The fourth-order valence-electron chi connectivity index (χ4n) is 2.64. The summed E-state index contributed by atoms with van der Waals surface area (Å²) in [7, 11) is -3.60. The Kier molecular flexibility index (Phi) is 7.25. The van der Waals surface area contributed by atoms with Gasteiger partial charge in [0, 0.05) is 18.8 Å². The number of hydrogen-bond donors (Lipinski definition) is 4. The van der Waals surface area contributed by atoms with Gasteiger partial charge in [0.2, 0.25) is 27.8 Å². The fourth-order valence-corrected chi connectivity index (χ4v) is 4.03. The predicted molar refractivity (Wildman–Crippen MR) is 120 cm³/mol. The molecule has 0 atom stereocenters. The van der Waals surface area contributed by atoms with Crippen LogP contribution in [0.2, 0.25) is 0 Å². The van der Waals surface area contributed by atoms with Gasteiger partial charge in [-0.2, -0.15) is 9.97 Å². The number of sulfonamides is 1. The Labute approximate surface area is 183 Å². The van der Waals surface area contributed by atoms with Crippen LogP contribution in [0, 0.1) is 0 Å². The standard InChI is InChI=1S/C17H23N9O3S2/c1-3-19-14-22-15(20-4-2)26-16(23-14)24-25-17(26)30-9-13(27)21-12-7-5-11(6-8-12)10-31(18,28)29/h5-8H,3-4,9-10H2,1-2H3,(H,21,27)(H2,18,28,29)(H2,19,20,22,23,24). The minimum absolute atomic E-state index is 0.0836. The number of carbonyl (C=O) groups excluding carboxylic acids is 1. The minimum Gasteiger partial charge on any atom is -0.355 e. The summed E-state index contributed by atoms with van der Waals surface area (Å²) >= 11 is 1.20. The summed E-state index contributed by atoms with van der Waals surface area (Å²) < 4.78 is 23.9. The van der Waals surface area contributed by atoms with Crippen molar-refractivity contribution < 1.29 is 13.2 Å². The number of amides is 1. The predicted octanol–water partition coefficient (Wildman–Crippen LogP) is 0.902. The third kappa shape index (κ3) is 6.26. The molecule has 1 amide bonds. The molecule has 0 unspecified atom stereocenters. The van der Waals surface area contributed by atoms with Crippen molar-refractivity contribution in [2.24, 2.45) is 5.14 Å². The SMILES string of the molecule is CCNc1nc(NCC)n2c(SCC(=O)Nc3ccc(CS(N)(=O)=O)cc3)nnc2n1. The van der Waals surface area contributed by atoms with Crippen LogP contribution in [0.1, 0.15) is 19.4 Å². The highest BCUT2D eigenvalue weighted by molar-refractivity contribution is 7.99. The van der Waals surface area contributed by atoms with E-state index in [0.29, 0.717) is 47.2 Å². The molecule has 0 saturated carbocycles. The molecule has 2 aromatic heterocycles. The van der Waals surface area contributed by atoms with Crippen molar-refractivity contribution in [1.29, 1.82) is 0 Å². The highest BCUT2D eigenvalue weighted by Gasteiger charge is 2.16. The number of benzene rings is 1. The van der Waals surface area contributed by atoms with E-state index in [-0.39, 0.29) is 17.4 Å². The molecule has 12 nitrogen and oxygen atoms in total. The van der Waals surface area contributed by atoms with Crippen LogP contribution in [-0.4, -0.2) is 57.7 Å². The van der Waals surface area contributed by atoms with Crippen LogP contribution in [0.15, 0.2) is 29.4 Å². The molecule has 1 aromatic carbocycles. The molecular weight excluding hydrogens is 442 g/mol. The van der Waals surface area contributed by atoms with E-state index in [1.165, 1.54) is 11.8 Å². The summed E-state index contributed by atoms with van der Waals surface area (Å²) in [6.45, 7) is 5.19. The molecule has 0 spiro atoms. The van der Waals surface area contributed by atoms with E-state index in [9.17, 15) is 13.2 Å². The lowest BCUT2D eigenvalue weighted by atomic mass is 10.2. The van der Waals surface area contributed by atoms with Crippen LogP contribution in [0.25, 0.3) is 5.78 Å². The van der Waals surface area contributed by atoms with Crippen molar-refractivity contribution in [1.82, 2.24) is 24.6 Å². The Morgan fingerprint density at radius 3 is 2.45 bits per heavy atom. The third-order valence-electron chi connectivity index (χ3n) is 3.85. The number of anilines is 3. The van der Waals surface area contributed by atoms with E-state index in [0.717, 1.165) is 0 Å². The van der Waals surface area contributed by atoms with Gasteiger partial charge in [-0.15, -0.1) is 10.2 Å². The number of hydrogen-bond acceptors (Lipinski definition) is 10. The molecule has 31 heavy (non-hydrogen) atoms. The summed E-state index contributed by atoms with van der Waals surface area (Å²) in [6, 6.07) is 6.44. The Morgan fingerprint density at radius 1 is 1.10 bits per heavy atom. The van der Waals surface area contributed by atoms with Crippen LogP contribution >= 0.6 is 11.8 Å². The second-order valence-corrected chi connectivity index (χ2v) is 8.95. The zero-order chi connectivity index (χ0) is 22.4. The molecular formula is C17H23N9O3S2. The second kappa shape index (κ2) is 9.89. The van der Waals surface area contributed by atoms with Crippen molar-refractivity contribution >= 4 is 51.1 Å². The molecule has 14 heteroatoms. The van der Waals surface area contributed by atoms with Gasteiger partial charge >= 0.3 is 0 Å².